The standard InChI is InChI=1S/C17H20ClN3OS.ClH/c1-20(10-12-7-8-16(18)23-12)17(22)11-21-9-3-4-13-14(19)5-2-6-15(13)21;/h2,5-8H,3-4,9-11,19H2,1H3;1H. The molecule has 2 heterocycles. The molecule has 130 valence electrons. The maximum absolute atomic E-state index is 12.5. The third-order valence-electron chi connectivity index (χ3n) is 4.16. The molecule has 0 saturated carbocycles. The number of likely N-dealkylation sites (N-methyl/N-ethyl adjacent to an activating group) is 1. The first kappa shape index (κ1) is 18.9. The summed E-state index contributed by atoms with van der Waals surface area (Å²) in [5, 5.41) is 0. The van der Waals surface area contributed by atoms with Gasteiger partial charge in [0.1, 0.15) is 0 Å². The second-order valence-corrected chi connectivity index (χ2v) is 7.63. The van der Waals surface area contributed by atoms with Gasteiger partial charge in [-0.25, -0.2) is 0 Å². The third-order valence-corrected chi connectivity index (χ3v) is 5.37. The Hall–Kier alpha value is -1.43. The number of fused-ring (bicyclic) bond motifs is 1. The predicted molar refractivity (Wildman–Crippen MR) is 104 cm³/mol. The summed E-state index contributed by atoms with van der Waals surface area (Å²) in [5.41, 5.74) is 9.15. The Bertz CT molecular complexity index is 720. The maximum Gasteiger partial charge on any atom is 0.242 e. The molecule has 1 aliphatic rings. The maximum atomic E-state index is 12.5. The molecule has 1 amide bonds. The Balaban J connectivity index is 0.00000208. The minimum absolute atomic E-state index is 0. The van der Waals surface area contributed by atoms with Crippen molar-refractivity contribution in [2.75, 3.05) is 30.8 Å². The number of nitrogens with zero attached hydrogens (tertiary/aromatic N) is 2. The molecule has 7 heteroatoms. The Morgan fingerprint density at radius 2 is 2.17 bits per heavy atom. The molecule has 1 aliphatic heterocycles. The zero-order chi connectivity index (χ0) is 16.4. The topological polar surface area (TPSA) is 49.6 Å². The molecule has 0 aliphatic carbocycles. The fourth-order valence-corrected chi connectivity index (χ4v) is 4.08. The van der Waals surface area contributed by atoms with Crippen molar-refractivity contribution in [1.82, 2.24) is 4.90 Å². The second-order valence-electron chi connectivity index (χ2n) is 5.83. The zero-order valence-electron chi connectivity index (χ0n) is 13.5. The number of carbonyl (C=O) groups excluding carboxylic acids is 1. The van der Waals surface area contributed by atoms with Crippen LogP contribution in [0.3, 0.4) is 0 Å². The van der Waals surface area contributed by atoms with Crippen LogP contribution in [-0.2, 0) is 17.8 Å². The number of carbonyl (C=O) groups is 1. The number of nitrogens with two attached hydrogens (primary N) is 1. The van der Waals surface area contributed by atoms with Crippen molar-refractivity contribution in [3.8, 4) is 0 Å². The summed E-state index contributed by atoms with van der Waals surface area (Å²) in [4.78, 5) is 17.5. The van der Waals surface area contributed by atoms with Gasteiger partial charge >= 0.3 is 0 Å². The molecule has 3 rings (SSSR count). The molecule has 0 atom stereocenters. The molecule has 2 N–H and O–H groups in total. The second kappa shape index (κ2) is 8.10. The van der Waals surface area contributed by atoms with E-state index in [4.69, 9.17) is 17.3 Å². The monoisotopic (exact) mass is 385 g/mol. The Morgan fingerprint density at radius 1 is 1.38 bits per heavy atom. The van der Waals surface area contributed by atoms with Gasteiger partial charge in [-0.05, 0) is 42.7 Å². The molecular weight excluding hydrogens is 365 g/mol. The van der Waals surface area contributed by atoms with E-state index in [9.17, 15) is 4.79 Å². The first-order valence-electron chi connectivity index (χ1n) is 7.65. The molecule has 0 fully saturated rings. The van der Waals surface area contributed by atoms with Crippen LogP contribution in [0.25, 0.3) is 0 Å². The molecule has 0 bridgehead atoms. The number of halogens is 2. The first-order valence-corrected chi connectivity index (χ1v) is 8.84. The van der Waals surface area contributed by atoms with Crippen molar-refractivity contribution in [2.45, 2.75) is 19.4 Å². The average Bonchev–Trinajstić information content (AvgIpc) is 2.93. The van der Waals surface area contributed by atoms with Gasteiger partial charge in [-0.1, -0.05) is 17.7 Å². The molecule has 0 saturated heterocycles. The number of benzene rings is 1. The highest BCUT2D eigenvalue weighted by molar-refractivity contribution is 7.16. The molecule has 2 aromatic rings. The van der Waals surface area contributed by atoms with Crippen LogP contribution >= 0.6 is 35.3 Å². The van der Waals surface area contributed by atoms with E-state index in [0.29, 0.717) is 13.1 Å². The van der Waals surface area contributed by atoms with Gasteiger partial charge in [-0.2, -0.15) is 0 Å². The quantitative estimate of drug-likeness (QED) is 0.813. The van der Waals surface area contributed by atoms with E-state index < -0.39 is 0 Å². The summed E-state index contributed by atoms with van der Waals surface area (Å²) >= 11 is 7.46. The Labute approximate surface area is 157 Å². The van der Waals surface area contributed by atoms with Gasteiger partial charge in [0.2, 0.25) is 5.91 Å². The van der Waals surface area contributed by atoms with E-state index in [-0.39, 0.29) is 18.3 Å². The first-order chi connectivity index (χ1) is 11.0. The van der Waals surface area contributed by atoms with Crippen molar-refractivity contribution in [1.29, 1.82) is 0 Å². The summed E-state index contributed by atoms with van der Waals surface area (Å²) in [6.45, 7) is 1.86. The number of hydrogen-bond donors (Lipinski definition) is 1. The molecule has 0 unspecified atom stereocenters. The molecule has 0 radical (unpaired) electrons. The van der Waals surface area contributed by atoms with Gasteiger partial charge in [0.05, 0.1) is 17.4 Å². The van der Waals surface area contributed by atoms with Gasteiger partial charge in [-0.3, -0.25) is 4.79 Å². The number of amides is 1. The normalized spacial score (nSPS) is 13.2. The highest BCUT2D eigenvalue weighted by Crippen LogP contribution is 2.31. The summed E-state index contributed by atoms with van der Waals surface area (Å²) in [6.07, 6.45) is 2.01. The van der Waals surface area contributed by atoms with Gasteiger partial charge in [0.15, 0.2) is 0 Å². The number of nitrogen functional groups attached to an aromatic ring is 1. The lowest BCUT2D eigenvalue weighted by Gasteiger charge is -2.32. The van der Waals surface area contributed by atoms with Crippen LogP contribution in [0.2, 0.25) is 4.34 Å². The van der Waals surface area contributed by atoms with Crippen LogP contribution in [0.4, 0.5) is 11.4 Å². The number of anilines is 2. The summed E-state index contributed by atoms with van der Waals surface area (Å²) in [6, 6.07) is 9.76. The largest absolute Gasteiger partial charge is 0.398 e. The highest BCUT2D eigenvalue weighted by Gasteiger charge is 2.22. The lowest BCUT2D eigenvalue weighted by atomic mass is 10.00. The molecule has 4 nitrogen and oxygen atoms in total. The fourth-order valence-electron chi connectivity index (χ4n) is 2.93. The van der Waals surface area contributed by atoms with Crippen molar-refractivity contribution in [2.24, 2.45) is 0 Å². The Morgan fingerprint density at radius 3 is 2.88 bits per heavy atom. The molecule has 1 aromatic carbocycles. The van der Waals surface area contributed by atoms with Crippen molar-refractivity contribution < 1.29 is 4.79 Å². The van der Waals surface area contributed by atoms with E-state index in [0.717, 1.165) is 40.0 Å². The lowest BCUT2D eigenvalue weighted by molar-refractivity contribution is -0.128. The lowest BCUT2D eigenvalue weighted by Crippen LogP contribution is -2.40. The molecule has 24 heavy (non-hydrogen) atoms. The van der Waals surface area contributed by atoms with Gasteiger partial charge < -0.3 is 15.5 Å². The minimum Gasteiger partial charge on any atom is -0.398 e. The number of rotatable bonds is 4. The van der Waals surface area contributed by atoms with Crippen molar-refractivity contribution >= 4 is 52.6 Å². The predicted octanol–water partition coefficient (Wildman–Crippen LogP) is 3.82. The van der Waals surface area contributed by atoms with Crippen LogP contribution in [0.15, 0.2) is 30.3 Å². The van der Waals surface area contributed by atoms with Crippen LogP contribution in [-0.4, -0.2) is 30.9 Å². The molecular formula is C17H21Cl2N3OS. The highest BCUT2D eigenvalue weighted by atomic mass is 35.5. The Kier molecular flexibility index (Phi) is 6.38. The van der Waals surface area contributed by atoms with E-state index in [2.05, 4.69) is 11.0 Å². The van der Waals surface area contributed by atoms with Crippen molar-refractivity contribution in [3.05, 3.63) is 45.1 Å². The van der Waals surface area contributed by atoms with E-state index in [1.807, 2.05) is 31.3 Å². The van der Waals surface area contributed by atoms with Crippen molar-refractivity contribution in [3.63, 3.8) is 0 Å². The van der Waals surface area contributed by atoms with Gasteiger partial charge in [0.25, 0.3) is 0 Å². The fraction of sp³-hybridized carbons (Fsp3) is 0.353. The van der Waals surface area contributed by atoms with Crippen LogP contribution in [0.5, 0.6) is 0 Å². The van der Waals surface area contributed by atoms with Crippen LogP contribution in [0.1, 0.15) is 16.9 Å². The van der Waals surface area contributed by atoms with E-state index in [1.165, 1.54) is 16.9 Å². The average molecular weight is 386 g/mol. The molecule has 0 spiro atoms. The zero-order valence-corrected chi connectivity index (χ0v) is 15.9. The minimum atomic E-state index is 0. The smallest absolute Gasteiger partial charge is 0.242 e. The van der Waals surface area contributed by atoms with Gasteiger partial charge in [0, 0.05) is 29.8 Å². The summed E-state index contributed by atoms with van der Waals surface area (Å²) < 4.78 is 0.751. The van der Waals surface area contributed by atoms with Crippen LogP contribution < -0.4 is 10.6 Å². The van der Waals surface area contributed by atoms with E-state index >= 15 is 0 Å². The number of hydrogen-bond acceptors (Lipinski definition) is 4. The summed E-state index contributed by atoms with van der Waals surface area (Å²) in [5.74, 6) is 0.102. The van der Waals surface area contributed by atoms with E-state index in [1.54, 1.807) is 4.90 Å². The SMILES string of the molecule is CN(Cc1ccc(Cl)s1)C(=O)CN1CCCc2c(N)cccc21.Cl. The van der Waals surface area contributed by atoms with Crippen LogP contribution in [0, 0.1) is 0 Å². The molecule has 1 aromatic heterocycles. The third kappa shape index (κ3) is 4.15. The summed E-state index contributed by atoms with van der Waals surface area (Å²) in [7, 11) is 1.83. The van der Waals surface area contributed by atoms with Gasteiger partial charge in [-0.15, -0.1) is 23.7 Å². The number of thiophene rings is 1.